The van der Waals surface area contributed by atoms with Crippen LogP contribution in [0.25, 0.3) is 0 Å². The van der Waals surface area contributed by atoms with Gasteiger partial charge in [-0.25, -0.2) is 0 Å². The predicted molar refractivity (Wildman–Crippen MR) is 78.2 cm³/mol. The fourth-order valence-corrected chi connectivity index (χ4v) is 2.33. The number of benzene rings is 1. The van der Waals surface area contributed by atoms with Crippen LogP contribution in [0.5, 0.6) is 5.75 Å². The summed E-state index contributed by atoms with van der Waals surface area (Å²) in [6, 6.07) is 8.22. The summed E-state index contributed by atoms with van der Waals surface area (Å²) >= 11 is 5.33. The molecule has 1 aliphatic heterocycles. The third-order valence-corrected chi connectivity index (χ3v) is 3.25. The molecule has 0 amide bonds. The van der Waals surface area contributed by atoms with Crippen molar-refractivity contribution in [3.05, 3.63) is 24.3 Å². The number of nitrogens with one attached hydrogen (secondary N) is 3. The second-order valence-electron chi connectivity index (χ2n) is 4.32. The molecule has 0 spiro atoms. The van der Waals surface area contributed by atoms with Crippen molar-refractivity contribution in [2.24, 2.45) is 0 Å². The van der Waals surface area contributed by atoms with Gasteiger partial charge in [0.1, 0.15) is 5.75 Å². The molecular formula is C13H19N3OS. The lowest BCUT2D eigenvalue weighted by Gasteiger charge is -2.25. The first-order valence-corrected chi connectivity index (χ1v) is 6.61. The monoisotopic (exact) mass is 265 g/mol. The molecule has 1 heterocycles. The zero-order valence-corrected chi connectivity index (χ0v) is 11.3. The number of piperidine rings is 1. The highest BCUT2D eigenvalue weighted by Gasteiger charge is 2.14. The van der Waals surface area contributed by atoms with E-state index in [2.05, 4.69) is 16.0 Å². The highest BCUT2D eigenvalue weighted by molar-refractivity contribution is 7.80. The molecule has 1 fully saturated rings. The van der Waals surface area contributed by atoms with Crippen LogP contribution in [0, 0.1) is 0 Å². The van der Waals surface area contributed by atoms with Gasteiger partial charge in [-0.15, -0.1) is 0 Å². The fourth-order valence-electron chi connectivity index (χ4n) is 2.06. The van der Waals surface area contributed by atoms with Gasteiger partial charge in [0.2, 0.25) is 0 Å². The molecule has 0 unspecified atom stereocenters. The van der Waals surface area contributed by atoms with E-state index in [4.69, 9.17) is 17.0 Å². The fraction of sp³-hybridized carbons (Fsp3) is 0.462. The standard InChI is InChI=1S/C13H19N3OS/c1-17-12-5-3-2-4-11(12)16-13(18)15-10-6-8-14-9-7-10/h2-5,10,14H,6-9H2,1H3,(H2,15,16,18). The van der Waals surface area contributed by atoms with Crippen LogP contribution in [0.15, 0.2) is 24.3 Å². The van der Waals surface area contributed by atoms with E-state index in [9.17, 15) is 0 Å². The van der Waals surface area contributed by atoms with E-state index in [1.54, 1.807) is 7.11 Å². The summed E-state index contributed by atoms with van der Waals surface area (Å²) in [7, 11) is 1.66. The van der Waals surface area contributed by atoms with Gasteiger partial charge in [0.25, 0.3) is 0 Å². The van der Waals surface area contributed by atoms with Gasteiger partial charge in [0.05, 0.1) is 12.8 Å². The van der Waals surface area contributed by atoms with E-state index in [1.807, 2.05) is 24.3 Å². The zero-order valence-electron chi connectivity index (χ0n) is 10.5. The van der Waals surface area contributed by atoms with Crippen LogP contribution < -0.4 is 20.7 Å². The zero-order chi connectivity index (χ0) is 12.8. The molecule has 5 heteroatoms. The Hall–Kier alpha value is -1.33. The summed E-state index contributed by atoms with van der Waals surface area (Å²) in [4.78, 5) is 0. The first-order chi connectivity index (χ1) is 8.79. The van der Waals surface area contributed by atoms with Crippen molar-refractivity contribution in [3.8, 4) is 5.75 Å². The largest absolute Gasteiger partial charge is 0.495 e. The maximum atomic E-state index is 5.33. The molecule has 3 N–H and O–H groups in total. The van der Waals surface area contributed by atoms with E-state index < -0.39 is 0 Å². The molecular weight excluding hydrogens is 246 g/mol. The second-order valence-corrected chi connectivity index (χ2v) is 4.73. The van der Waals surface area contributed by atoms with Crippen LogP contribution in [-0.2, 0) is 0 Å². The lowest BCUT2D eigenvalue weighted by Crippen LogP contribution is -2.44. The van der Waals surface area contributed by atoms with E-state index in [0.29, 0.717) is 11.2 Å². The second kappa shape index (κ2) is 6.56. The first-order valence-electron chi connectivity index (χ1n) is 6.21. The first kappa shape index (κ1) is 13.1. The molecule has 18 heavy (non-hydrogen) atoms. The van der Waals surface area contributed by atoms with Crippen molar-refractivity contribution < 1.29 is 4.74 Å². The van der Waals surface area contributed by atoms with Gasteiger partial charge in [0, 0.05) is 6.04 Å². The molecule has 1 aromatic carbocycles. The van der Waals surface area contributed by atoms with Crippen molar-refractivity contribution in [2.75, 3.05) is 25.5 Å². The molecule has 0 atom stereocenters. The number of hydrogen-bond donors (Lipinski definition) is 3. The van der Waals surface area contributed by atoms with Crippen LogP contribution in [0.4, 0.5) is 5.69 Å². The third-order valence-electron chi connectivity index (χ3n) is 3.03. The number of methoxy groups -OCH3 is 1. The summed E-state index contributed by atoms with van der Waals surface area (Å²) in [5, 5.41) is 10.5. The van der Waals surface area contributed by atoms with Gasteiger partial charge in [0.15, 0.2) is 5.11 Å². The van der Waals surface area contributed by atoms with Gasteiger partial charge < -0.3 is 20.7 Å². The average molecular weight is 265 g/mol. The van der Waals surface area contributed by atoms with Crippen LogP contribution in [0.2, 0.25) is 0 Å². The average Bonchev–Trinajstić information content (AvgIpc) is 2.40. The lowest BCUT2D eigenvalue weighted by molar-refractivity contribution is 0.416. The van der Waals surface area contributed by atoms with Gasteiger partial charge >= 0.3 is 0 Å². The van der Waals surface area contributed by atoms with E-state index in [-0.39, 0.29) is 0 Å². The maximum Gasteiger partial charge on any atom is 0.171 e. The summed E-state index contributed by atoms with van der Waals surface area (Å²) in [6.45, 7) is 2.10. The van der Waals surface area contributed by atoms with Crippen molar-refractivity contribution in [2.45, 2.75) is 18.9 Å². The topological polar surface area (TPSA) is 45.3 Å². The molecule has 98 valence electrons. The van der Waals surface area contributed by atoms with Crippen molar-refractivity contribution in [1.82, 2.24) is 10.6 Å². The minimum absolute atomic E-state index is 0.459. The minimum Gasteiger partial charge on any atom is -0.495 e. The summed E-state index contributed by atoms with van der Waals surface area (Å²) in [6.07, 6.45) is 2.21. The van der Waals surface area contributed by atoms with Gasteiger partial charge in [-0.05, 0) is 50.3 Å². The highest BCUT2D eigenvalue weighted by atomic mass is 32.1. The molecule has 1 aliphatic rings. The summed E-state index contributed by atoms with van der Waals surface area (Å²) in [5.41, 5.74) is 0.895. The molecule has 0 aliphatic carbocycles. The number of thiocarbonyl (C=S) groups is 1. The molecule has 2 rings (SSSR count). The molecule has 0 bridgehead atoms. The lowest BCUT2D eigenvalue weighted by atomic mass is 10.1. The van der Waals surface area contributed by atoms with Gasteiger partial charge in [-0.1, -0.05) is 12.1 Å². The Labute approximate surface area is 113 Å². The number of rotatable bonds is 3. The molecule has 1 aromatic rings. The maximum absolute atomic E-state index is 5.33. The Morgan fingerprint density at radius 3 is 2.78 bits per heavy atom. The highest BCUT2D eigenvalue weighted by Crippen LogP contribution is 2.22. The summed E-state index contributed by atoms with van der Waals surface area (Å²) < 4.78 is 5.28. The molecule has 0 radical (unpaired) electrons. The Morgan fingerprint density at radius 2 is 2.06 bits per heavy atom. The third kappa shape index (κ3) is 3.58. The molecule has 1 saturated heterocycles. The Bertz CT molecular complexity index is 405. The van der Waals surface area contributed by atoms with E-state index in [1.165, 1.54) is 0 Å². The van der Waals surface area contributed by atoms with Crippen molar-refractivity contribution >= 4 is 23.0 Å². The van der Waals surface area contributed by atoms with Crippen molar-refractivity contribution in [3.63, 3.8) is 0 Å². The predicted octanol–water partition coefficient (Wildman–Crippen LogP) is 1.73. The van der Waals surface area contributed by atoms with Gasteiger partial charge in [-0.2, -0.15) is 0 Å². The molecule has 0 saturated carbocycles. The normalized spacial score (nSPS) is 16.1. The van der Waals surface area contributed by atoms with Crippen LogP contribution in [0.1, 0.15) is 12.8 Å². The SMILES string of the molecule is COc1ccccc1NC(=S)NC1CCNCC1. The Kier molecular flexibility index (Phi) is 4.78. The number of ether oxygens (including phenoxy) is 1. The molecule has 4 nitrogen and oxygen atoms in total. The number of para-hydroxylation sites is 2. The minimum atomic E-state index is 0.459. The number of anilines is 1. The quantitative estimate of drug-likeness (QED) is 0.727. The molecule has 0 aromatic heterocycles. The smallest absolute Gasteiger partial charge is 0.171 e. The Balaban J connectivity index is 1.90. The van der Waals surface area contributed by atoms with Crippen LogP contribution >= 0.6 is 12.2 Å². The van der Waals surface area contributed by atoms with Gasteiger partial charge in [-0.3, -0.25) is 0 Å². The Morgan fingerprint density at radius 1 is 1.33 bits per heavy atom. The number of hydrogen-bond acceptors (Lipinski definition) is 3. The van der Waals surface area contributed by atoms with Crippen LogP contribution in [-0.4, -0.2) is 31.4 Å². The van der Waals surface area contributed by atoms with Crippen molar-refractivity contribution in [1.29, 1.82) is 0 Å². The van der Waals surface area contributed by atoms with E-state index >= 15 is 0 Å². The van der Waals surface area contributed by atoms with Crippen LogP contribution in [0.3, 0.4) is 0 Å². The van der Waals surface area contributed by atoms with E-state index in [0.717, 1.165) is 37.4 Å². The summed E-state index contributed by atoms with van der Waals surface area (Å²) in [5.74, 6) is 0.798.